The summed E-state index contributed by atoms with van der Waals surface area (Å²) in [7, 11) is 0. The van der Waals surface area contributed by atoms with Gasteiger partial charge in [-0.15, -0.1) is 0 Å². The second kappa shape index (κ2) is 3.49. The third-order valence-corrected chi connectivity index (χ3v) is 2.14. The van der Waals surface area contributed by atoms with Crippen molar-refractivity contribution in [3.8, 4) is 5.75 Å². The van der Waals surface area contributed by atoms with Crippen LogP contribution in [-0.4, -0.2) is 16.3 Å². The van der Waals surface area contributed by atoms with Gasteiger partial charge in [-0.3, -0.25) is 5.32 Å². The number of anilines is 1. The van der Waals surface area contributed by atoms with Crippen molar-refractivity contribution in [2.24, 2.45) is 0 Å². The largest absolute Gasteiger partial charge is 0.507 e. The first-order chi connectivity index (χ1) is 7.18. The molecular formula is C11H9NO3. The fourth-order valence-electron chi connectivity index (χ4n) is 1.52. The van der Waals surface area contributed by atoms with Gasteiger partial charge in [0.1, 0.15) is 5.75 Å². The highest BCUT2D eigenvalue weighted by molar-refractivity contribution is 6.01. The minimum atomic E-state index is -1.12. The normalized spacial score (nSPS) is 10.1. The molecule has 2 rings (SSSR count). The van der Waals surface area contributed by atoms with E-state index in [9.17, 15) is 9.90 Å². The first-order valence-corrected chi connectivity index (χ1v) is 4.39. The lowest BCUT2D eigenvalue weighted by atomic mass is 10.1. The van der Waals surface area contributed by atoms with Crippen LogP contribution in [0.1, 0.15) is 0 Å². The molecule has 0 aliphatic carbocycles. The van der Waals surface area contributed by atoms with Crippen molar-refractivity contribution in [3.63, 3.8) is 0 Å². The molecule has 0 bridgehead atoms. The van der Waals surface area contributed by atoms with Crippen molar-refractivity contribution in [3.05, 3.63) is 36.4 Å². The topological polar surface area (TPSA) is 69.6 Å². The SMILES string of the molecule is O=C(O)Nc1cccc2c(O)cccc12. The number of aromatic hydroxyl groups is 1. The van der Waals surface area contributed by atoms with E-state index in [0.29, 0.717) is 16.5 Å². The van der Waals surface area contributed by atoms with Gasteiger partial charge in [0.05, 0.1) is 5.69 Å². The van der Waals surface area contributed by atoms with Crippen LogP contribution in [0.4, 0.5) is 10.5 Å². The number of phenols is 1. The summed E-state index contributed by atoms with van der Waals surface area (Å²) in [4.78, 5) is 10.5. The predicted molar refractivity (Wildman–Crippen MR) is 57.3 cm³/mol. The van der Waals surface area contributed by atoms with Gasteiger partial charge in [0, 0.05) is 10.8 Å². The Labute approximate surface area is 85.8 Å². The van der Waals surface area contributed by atoms with Crippen LogP contribution >= 0.6 is 0 Å². The Hall–Kier alpha value is -2.23. The molecule has 2 aromatic rings. The zero-order chi connectivity index (χ0) is 10.8. The van der Waals surface area contributed by atoms with E-state index in [2.05, 4.69) is 5.32 Å². The Kier molecular flexibility index (Phi) is 2.17. The van der Waals surface area contributed by atoms with E-state index in [1.807, 2.05) is 0 Å². The van der Waals surface area contributed by atoms with Crippen LogP contribution in [0.5, 0.6) is 5.75 Å². The third-order valence-electron chi connectivity index (χ3n) is 2.14. The minimum absolute atomic E-state index is 0.140. The predicted octanol–water partition coefficient (Wildman–Crippen LogP) is 2.64. The van der Waals surface area contributed by atoms with Gasteiger partial charge in [-0.2, -0.15) is 0 Å². The maximum atomic E-state index is 10.5. The molecule has 2 aromatic carbocycles. The number of amides is 1. The van der Waals surface area contributed by atoms with Crippen molar-refractivity contribution in [1.29, 1.82) is 0 Å². The Bertz CT molecular complexity index is 522. The van der Waals surface area contributed by atoms with Gasteiger partial charge < -0.3 is 10.2 Å². The molecule has 4 heteroatoms. The fourth-order valence-corrected chi connectivity index (χ4v) is 1.52. The molecule has 0 aromatic heterocycles. The second-order valence-corrected chi connectivity index (χ2v) is 3.11. The van der Waals surface area contributed by atoms with Crippen LogP contribution in [0.25, 0.3) is 10.8 Å². The molecule has 0 aliphatic rings. The van der Waals surface area contributed by atoms with Crippen molar-refractivity contribution in [2.75, 3.05) is 5.32 Å². The molecule has 0 aliphatic heterocycles. The van der Waals surface area contributed by atoms with Crippen LogP contribution in [-0.2, 0) is 0 Å². The van der Waals surface area contributed by atoms with Crippen molar-refractivity contribution >= 4 is 22.6 Å². The maximum absolute atomic E-state index is 10.5. The Morgan fingerprint density at radius 3 is 2.47 bits per heavy atom. The van der Waals surface area contributed by atoms with Crippen LogP contribution in [0.2, 0.25) is 0 Å². The van der Waals surface area contributed by atoms with Gasteiger partial charge in [0.15, 0.2) is 0 Å². The van der Waals surface area contributed by atoms with Gasteiger partial charge in [-0.1, -0.05) is 24.3 Å². The molecule has 0 heterocycles. The van der Waals surface area contributed by atoms with Gasteiger partial charge >= 0.3 is 6.09 Å². The van der Waals surface area contributed by atoms with Crippen LogP contribution < -0.4 is 5.32 Å². The van der Waals surface area contributed by atoms with E-state index in [1.165, 1.54) is 0 Å². The van der Waals surface area contributed by atoms with Crippen LogP contribution in [0.15, 0.2) is 36.4 Å². The molecule has 3 N–H and O–H groups in total. The molecule has 0 saturated heterocycles. The number of phenolic OH excluding ortho intramolecular Hbond substituents is 1. The monoisotopic (exact) mass is 203 g/mol. The average molecular weight is 203 g/mol. The van der Waals surface area contributed by atoms with E-state index >= 15 is 0 Å². The fraction of sp³-hybridized carbons (Fsp3) is 0. The van der Waals surface area contributed by atoms with Crippen LogP contribution in [0.3, 0.4) is 0 Å². The number of fused-ring (bicyclic) bond motifs is 1. The highest BCUT2D eigenvalue weighted by atomic mass is 16.4. The minimum Gasteiger partial charge on any atom is -0.507 e. The number of carboxylic acid groups (broad SMARTS) is 1. The van der Waals surface area contributed by atoms with Gasteiger partial charge in [0.25, 0.3) is 0 Å². The summed E-state index contributed by atoms with van der Waals surface area (Å²) in [6, 6.07) is 10.1. The molecule has 0 spiro atoms. The van der Waals surface area contributed by atoms with E-state index in [1.54, 1.807) is 36.4 Å². The molecule has 0 unspecified atom stereocenters. The summed E-state index contributed by atoms with van der Waals surface area (Å²) in [5.41, 5.74) is 0.468. The molecule has 1 amide bonds. The van der Waals surface area contributed by atoms with Gasteiger partial charge in [0.2, 0.25) is 0 Å². The zero-order valence-electron chi connectivity index (χ0n) is 7.77. The number of carbonyl (C=O) groups is 1. The van der Waals surface area contributed by atoms with E-state index in [0.717, 1.165) is 0 Å². The first kappa shape index (κ1) is 9.33. The number of hydrogen-bond donors (Lipinski definition) is 3. The van der Waals surface area contributed by atoms with E-state index in [4.69, 9.17) is 5.11 Å². The summed E-state index contributed by atoms with van der Waals surface area (Å²) in [5, 5.41) is 21.8. The highest BCUT2D eigenvalue weighted by Crippen LogP contribution is 2.29. The highest BCUT2D eigenvalue weighted by Gasteiger charge is 2.05. The number of nitrogens with one attached hydrogen (secondary N) is 1. The van der Waals surface area contributed by atoms with Crippen LogP contribution in [0, 0.1) is 0 Å². The van der Waals surface area contributed by atoms with Gasteiger partial charge in [-0.05, 0) is 12.1 Å². The lowest BCUT2D eigenvalue weighted by molar-refractivity contribution is 0.210. The average Bonchev–Trinajstić information content (AvgIpc) is 2.19. The summed E-state index contributed by atoms with van der Waals surface area (Å²) in [6.45, 7) is 0. The first-order valence-electron chi connectivity index (χ1n) is 4.39. The lowest BCUT2D eigenvalue weighted by Gasteiger charge is -2.06. The molecule has 0 radical (unpaired) electrons. The smallest absolute Gasteiger partial charge is 0.409 e. The Balaban J connectivity index is 2.65. The maximum Gasteiger partial charge on any atom is 0.409 e. The molecule has 76 valence electrons. The summed E-state index contributed by atoms with van der Waals surface area (Å²) >= 11 is 0. The Morgan fingerprint density at radius 2 is 1.73 bits per heavy atom. The third kappa shape index (κ3) is 1.69. The standard InChI is InChI=1S/C11H9NO3/c13-10-6-2-3-7-8(10)4-1-5-9(7)12-11(14)15/h1-6,12-13H,(H,14,15). The van der Waals surface area contributed by atoms with E-state index < -0.39 is 6.09 Å². The molecule has 0 atom stereocenters. The summed E-state index contributed by atoms with van der Waals surface area (Å²) in [6.07, 6.45) is -1.12. The molecule has 0 fully saturated rings. The van der Waals surface area contributed by atoms with Crippen molar-refractivity contribution in [1.82, 2.24) is 0 Å². The van der Waals surface area contributed by atoms with Crippen molar-refractivity contribution in [2.45, 2.75) is 0 Å². The quantitative estimate of drug-likeness (QED) is 0.667. The summed E-state index contributed by atoms with van der Waals surface area (Å²) < 4.78 is 0. The number of rotatable bonds is 1. The Morgan fingerprint density at radius 1 is 1.07 bits per heavy atom. The number of benzene rings is 2. The summed E-state index contributed by atoms with van der Waals surface area (Å²) in [5.74, 6) is 0.140. The van der Waals surface area contributed by atoms with Crippen molar-refractivity contribution < 1.29 is 15.0 Å². The molecule has 15 heavy (non-hydrogen) atoms. The number of hydrogen-bond acceptors (Lipinski definition) is 2. The molecular weight excluding hydrogens is 194 g/mol. The lowest BCUT2D eigenvalue weighted by Crippen LogP contribution is -2.07. The zero-order valence-corrected chi connectivity index (χ0v) is 7.77. The second-order valence-electron chi connectivity index (χ2n) is 3.11. The molecule has 0 saturated carbocycles. The molecule has 4 nitrogen and oxygen atoms in total. The van der Waals surface area contributed by atoms with Gasteiger partial charge in [-0.25, -0.2) is 4.79 Å². The van der Waals surface area contributed by atoms with E-state index in [-0.39, 0.29) is 5.75 Å².